The summed E-state index contributed by atoms with van der Waals surface area (Å²) in [5.41, 5.74) is 1.91. The molecule has 0 bridgehead atoms. The molecule has 1 aliphatic heterocycles. The fraction of sp³-hybridized carbons (Fsp3) is 0.364. The number of carbonyl (C=O) groups excluding carboxylic acids is 1. The Morgan fingerprint density at radius 1 is 1.19 bits per heavy atom. The van der Waals surface area contributed by atoms with Crippen LogP contribution in [0.4, 0.5) is 5.69 Å². The molecule has 0 saturated carbocycles. The van der Waals surface area contributed by atoms with Crippen LogP contribution in [0.5, 0.6) is 0 Å². The van der Waals surface area contributed by atoms with Gasteiger partial charge in [0.05, 0.1) is 11.9 Å². The van der Waals surface area contributed by atoms with Crippen LogP contribution in [-0.4, -0.2) is 41.5 Å². The summed E-state index contributed by atoms with van der Waals surface area (Å²) in [4.78, 5) is 21.7. The number of piperidine rings is 1. The van der Waals surface area contributed by atoms with Gasteiger partial charge in [-0.2, -0.15) is 0 Å². The van der Waals surface area contributed by atoms with Crippen LogP contribution in [0.2, 0.25) is 0 Å². The molecular weight excluding hydrogens is 322 g/mol. The van der Waals surface area contributed by atoms with Crippen molar-refractivity contribution in [2.45, 2.75) is 32.2 Å². The van der Waals surface area contributed by atoms with Crippen molar-refractivity contribution >= 4 is 17.7 Å². The number of aromatic nitrogens is 1. The molecule has 0 N–H and O–H groups in total. The number of hydrogen-bond acceptors (Lipinski definition) is 3. The van der Waals surface area contributed by atoms with Gasteiger partial charge in [0.2, 0.25) is 0 Å². The van der Waals surface area contributed by atoms with E-state index in [0.29, 0.717) is 0 Å². The molecule has 1 saturated heterocycles. The number of benzene rings is 1. The number of anilines is 1. The molecule has 4 heteroatoms. The second kappa shape index (κ2) is 9.30. The van der Waals surface area contributed by atoms with Crippen LogP contribution < -0.4 is 4.90 Å². The molecule has 1 amide bonds. The summed E-state index contributed by atoms with van der Waals surface area (Å²) in [6, 6.07) is 14.0. The van der Waals surface area contributed by atoms with Gasteiger partial charge in [-0.05, 0) is 49.6 Å². The van der Waals surface area contributed by atoms with Crippen molar-refractivity contribution in [2.24, 2.45) is 0 Å². The van der Waals surface area contributed by atoms with Gasteiger partial charge in [-0.15, -0.1) is 0 Å². The summed E-state index contributed by atoms with van der Waals surface area (Å²) in [6.07, 6.45) is 10.3. The first-order chi connectivity index (χ1) is 12.8. The molecule has 136 valence electrons. The lowest BCUT2D eigenvalue weighted by Gasteiger charge is -2.38. The Hall–Kier alpha value is -2.46. The van der Waals surface area contributed by atoms with Gasteiger partial charge in [0, 0.05) is 31.4 Å². The fourth-order valence-electron chi connectivity index (χ4n) is 3.54. The minimum Gasteiger partial charge on any atom is -0.304 e. The predicted molar refractivity (Wildman–Crippen MR) is 107 cm³/mol. The lowest BCUT2D eigenvalue weighted by atomic mass is 10.0. The number of rotatable bonds is 6. The van der Waals surface area contributed by atoms with Crippen LogP contribution in [0.15, 0.2) is 60.9 Å². The standard InChI is InChI=1S/C22H27N3O/c1-2-15-24-16-12-20(13-17-24)25(21-9-6-14-23-18-21)22(26)11-10-19-7-4-3-5-8-19/h3-11,14,18,20H,2,12-13,15-17H2,1H3/b11-10+. The van der Waals surface area contributed by atoms with E-state index in [1.165, 1.54) is 6.42 Å². The number of likely N-dealkylation sites (tertiary alicyclic amines) is 1. The summed E-state index contributed by atoms with van der Waals surface area (Å²) >= 11 is 0. The van der Waals surface area contributed by atoms with E-state index in [1.54, 1.807) is 18.5 Å². The van der Waals surface area contributed by atoms with E-state index in [1.807, 2.05) is 53.4 Å². The summed E-state index contributed by atoms with van der Waals surface area (Å²) in [5, 5.41) is 0. The van der Waals surface area contributed by atoms with E-state index < -0.39 is 0 Å². The summed E-state index contributed by atoms with van der Waals surface area (Å²) in [7, 11) is 0. The molecule has 2 heterocycles. The highest BCUT2D eigenvalue weighted by molar-refractivity contribution is 6.04. The second-order valence-corrected chi connectivity index (χ2v) is 6.74. The monoisotopic (exact) mass is 349 g/mol. The lowest BCUT2D eigenvalue weighted by Crippen LogP contribution is -2.47. The van der Waals surface area contributed by atoms with Gasteiger partial charge in [0.1, 0.15) is 0 Å². The van der Waals surface area contributed by atoms with Crippen molar-refractivity contribution in [3.63, 3.8) is 0 Å². The smallest absolute Gasteiger partial charge is 0.251 e. The molecule has 1 fully saturated rings. The zero-order chi connectivity index (χ0) is 18.2. The molecule has 2 aromatic rings. The first kappa shape index (κ1) is 18.3. The number of carbonyl (C=O) groups is 1. The molecule has 26 heavy (non-hydrogen) atoms. The Balaban J connectivity index is 1.76. The van der Waals surface area contributed by atoms with Gasteiger partial charge in [-0.25, -0.2) is 0 Å². The Labute approximate surface area is 156 Å². The van der Waals surface area contributed by atoms with Gasteiger partial charge in [0.25, 0.3) is 5.91 Å². The van der Waals surface area contributed by atoms with Crippen molar-refractivity contribution in [3.05, 3.63) is 66.5 Å². The van der Waals surface area contributed by atoms with E-state index in [0.717, 1.165) is 43.7 Å². The molecule has 1 aromatic carbocycles. The molecular formula is C22H27N3O. The Bertz CT molecular complexity index is 707. The molecule has 1 aromatic heterocycles. The summed E-state index contributed by atoms with van der Waals surface area (Å²) < 4.78 is 0. The quantitative estimate of drug-likeness (QED) is 0.740. The Kier molecular flexibility index (Phi) is 6.56. The zero-order valence-electron chi connectivity index (χ0n) is 15.4. The van der Waals surface area contributed by atoms with E-state index in [4.69, 9.17) is 0 Å². The third kappa shape index (κ3) is 4.79. The topological polar surface area (TPSA) is 36.4 Å². The highest BCUT2D eigenvalue weighted by Crippen LogP contribution is 2.24. The SMILES string of the molecule is CCCN1CCC(N(C(=O)/C=C/c2ccccc2)c2cccnc2)CC1. The highest BCUT2D eigenvalue weighted by Gasteiger charge is 2.28. The van der Waals surface area contributed by atoms with Crippen LogP contribution in [0.1, 0.15) is 31.7 Å². The predicted octanol–water partition coefficient (Wildman–Crippen LogP) is 4.00. The van der Waals surface area contributed by atoms with Crippen molar-refractivity contribution in [1.82, 2.24) is 9.88 Å². The van der Waals surface area contributed by atoms with E-state index in [9.17, 15) is 4.79 Å². The largest absolute Gasteiger partial charge is 0.304 e. The van der Waals surface area contributed by atoms with Crippen LogP contribution in [0, 0.1) is 0 Å². The minimum absolute atomic E-state index is 0.0239. The van der Waals surface area contributed by atoms with Crippen LogP contribution >= 0.6 is 0 Å². The maximum absolute atomic E-state index is 13.0. The van der Waals surface area contributed by atoms with Crippen molar-refractivity contribution in [3.8, 4) is 0 Å². The van der Waals surface area contributed by atoms with Gasteiger partial charge in [-0.1, -0.05) is 37.3 Å². The average molecular weight is 349 g/mol. The molecule has 0 atom stereocenters. The molecule has 4 nitrogen and oxygen atoms in total. The molecule has 3 rings (SSSR count). The van der Waals surface area contributed by atoms with Gasteiger partial charge in [0.15, 0.2) is 0 Å². The number of hydrogen-bond donors (Lipinski definition) is 0. The normalized spacial score (nSPS) is 16.0. The zero-order valence-corrected chi connectivity index (χ0v) is 15.4. The van der Waals surface area contributed by atoms with Crippen LogP contribution in [-0.2, 0) is 4.79 Å². The first-order valence-corrected chi connectivity index (χ1v) is 9.46. The van der Waals surface area contributed by atoms with Gasteiger partial charge < -0.3 is 9.80 Å². The highest BCUT2D eigenvalue weighted by atomic mass is 16.2. The Morgan fingerprint density at radius 2 is 1.96 bits per heavy atom. The minimum atomic E-state index is 0.0239. The Morgan fingerprint density at radius 3 is 2.62 bits per heavy atom. The second-order valence-electron chi connectivity index (χ2n) is 6.74. The molecule has 0 unspecified atom stereocenters. The molecule has 1 aliphatic rings. The van der Waals surface area contributed by atoms with E-state index >= 15 is 0 Å². The molecule has 0 radical (unpaired) electrons. The number of pyridine rings is 1. The van der Waals surface area contributed by atoms with Gasteiger partial charge >= 0.3 is 0 Å². The number of amides is 1. The van der Waals surface area contributed by atoms with E-state index in [-0.39, 0.29) is 11.9 Å². The van der Waals surface area contributed by atoms with Crippen molar-refractivity contribution in [2.75, 3.05) is 24.5 Å². The van der Waals surface area contributed by atoms with Crippen LogP contribution in [0.3, 0.4) is 0 Å². The van der Waals surface area contributed by atoms with E-state index in [2.05, 4.69) is 16.8 Å². The summed E-state index contributed by atoms with van der Waals surface area (Å²) in [5.74, 6) is 0.0239. The van der Waals surface area contributed by atoms with Crippen molar-refractivity contribution in [1.29, 1.82) is 0 Å². The summed E-state index contributed by atoms with van der Waals surface area (Å²) in [6.45, 7) is 5.45. The van der Waals surface area contributed by atoms with Crippen LogP contribution in [0.25, 0.3) is 6.08 Å². The number of nitrogens with zero attached hydrogens (tertiary/aromatic N) is 3. The molecule has 0 spiro atoms. The van der Waals surface area contributed by atoms with Gasteiger partial charge in [-0.3, -0.25) is 9.78 Å². The average Bonchev–Trinajstić information content (AvgIpc) is 2.70. The maximum Gasteiger partial charge on any atom is 0.251 e. The fourth-order valence-corrected chi connectivity index (χ4v) is 3.54. The third-order valence-corrected chi connectivity index (χ3v) is 4.84. The lowest BCUT2D eigenvalue weighted by molar-refractivity contribution is -0.114. The van der Waals surface area contributed by atoms with Crippen molar-refractivity contribution < 1.29 is 4.79 Å². The third-order valence-electron chi connectivity index (χ3n) is 4.84. The molecule has 0 aliphatic carbocycles. The maximum atomic E-state index is 13.0. The first-order valence-electron chi connectivity index (χ1n) is 9.46.